The number of hydrogen-bond acceptors (Lipinski definition) is 3. The number of fused-ring (bicyclic) bond motifs is 1. The van der Waals surface area contributed by atoms with E-state index in [1.165, 1.54) is 11.1 Å². The van der Waals surface area contributed by atoms with Gasteiger partial charge in [-0.3, -0.25) is 5.10 Å². The lowest BCUT2D eigenvalue weighted by molar-refractivity contribution is -0.131. The fourth-order valence-electron chi connectivity index (χ4n) is 4.15. The number of benzene rings is 3. The summed E-state index contributed by atoms with van der Waals surface area (Å²) >= 11 is 0. The van der Waals surface area contributed by atoms with E-state index in [1.54, 1.807) is 13.2 Å². The van der Waals surface area contributed by atoms with Crippen LogP contribution in [0, 0.1) is 6.92 Å². The molecule has 4 aromatic rings. The Morgan fingerprint density at radius 2 is 1.82 bits per heavy atom. The van der Waals surface area contributed by atoms with Crippen LogP contribution >= 0.6 is 0 Å². The van der Waals surface area contributed by atoms with Crippen molar-refractivity contribution in [1.82, 2.24) is 10.2 Å². The number of carbonyl (C=O) groups is 1. The maximum absolute atomic E-state index is 10.9. The molecular formula is C28H26N2O3. The summed E-state index contributed by atoms with van der Waals surface area (Å²) in [5.41, 5.74) is 8.69. The largest absolute Gasteiger partial charge is 0.497 e. The number of aromatic nitrogens is 2. The molecule has 5 nitrogen and oxygen atoms in total. The Hall–Kier alpha value is -4.12. The number of nitrogens with zero attached hydrogens (tertiary/aromatic N) is 1. The molecule has 1 aromatic heterocycles. The molecule has 0 unspecified atom stereocenters. The minimum atomic E-state index is -0.962. The molecule has 0 spiro atoms. The minimum absolute atomic E-state index is 0.836. The van der Waals surface area contributed by atoms with Crippen molar-refractivity contribution in [1.29, 1.82) is 0 Å². The SMILES string of the molecule is CC/C(=C(/c1ccc(/C=C/C(=O)O)cc1)c1ccc2[nH]ncc2c1)c1ccc(OC)cc1C. The smallest absolute Gasteiger partial charge is 0.328 e. The van der Waals surface area contributed by atoms with Crippen LogP contribution in [0.5, 0.6) is 5.75 Å². The van der Waals surface area contributed by atoms with Crippen LogP contribution < -0.4 is 4.74 Å². The maximum Gasteiger partial charge on any atom is 0.328 e. The summed E-state index contributed by atoms with van der Waals surface area (Å²) in [6.07, 6.45) is 5.42. The van der Waals surface area contributed by atoms with E-state index < -0.39 is 5.97 Å². The predicted molar refractivity (Wildman–Crippen MR) is 133 cm³/mol. The second-order valence-electron chi connectivity index (χ2n) is 7.85. The Balaban J connectivity index is 1.92. The lowest BCUT2D eigenvalue weighted by atomic mass is 9.86. The van der Waals surface area contributed by atoms with Gasteiger partial charge in [-0.2, -0.15) is 5.10 Å². The summed E-state index contributed by atoms with van der Waals surface area (Å²) < 4.78 is 5.41. The number of carboxylic acids is 1. The van der Waals surface area contributed by atoms with Crippen molar-refractivity contribution in [2.24, 2.45) is 0 Å². The molecular weight excluding hydrogens is 412 g/mol. The molecule has 0 radical (unpaired) electrons. The highest BCUT2D eigenvalue weighted by Crippen LogP contribution is 2.37. The second kappa shape index (κ2) is 9.57. The van der Waals surface area contributed by atoms with Crippen molar-refractivity contribution in [3.05, 3.63) is 101 Å². The molecule has 0 fully saturated rings. The standard InChI is InChI=1S/C28H26N2O3/c1-4-24(25-12-11-23(33-3)15-18(25)2)28(21-10-13-26-22(16-21)17-29-30-26)20-8-5-19(6-9-20)7-14-27(31)32/h5-17H,4H2,1-3H3,(H,29,30)(H,31,32)/b14-7+,28-24+. The first-order chi connectivity index (χ1) is 16.0. The normalized spacial score (nSPS) is 12.2. The molecule has 0 amide bonds. The first-order valence-electron chi connectivity index (χ1n) is 10.8. The third kappa shape index (κ3) is 4.72. The van der Waals surface area contributed by atoms with Crippen LogP contribution in [0.1, 0.15) is 41.2 Å². The number of aryl methyl sites for hydroxylation is 1. The molecule has 5 heteroatoms. The molecule has 0 aliphatic heterocycles. The molecule has 0 saturated heterocycles. The zero-order chi connectivity index (χ0) is 23.4. The number of methoxy groups -OCH3 is 1. The summed E-state index contributed by atoms with van der Waals surface area (Å²) in [6.45, 7) is 4.27. The molecule has 0 atom stereocenters. The highest BCUT2D eigenvalue weighted by Gasteiger charge is 2.16. The highest BCUT2D eigenvalue weighted by molar-refractivity contribution is 6.01. The Labute approximate surface area is 193 Å². The number of nitrogens with one attached hydrogen (secondary N) is 1. The Kier molecular flexibility index (Phi) is 6.41. The summed E-state index contributed by atoms with van der Waals surface area (Å²) in [5, 5.41) is 17.2. The number of rotatable bonds is 7. The van der Waals surface area contributed by atoms with Gasteiger partial charge in [0.1, 0.15) is 5.75 Å². The molecule has 0 aliphatic carbocycles. The Morgan fingerprint density at radius 1 is 1.06 bits per heavy atom. The zero-order valence-electron chi connectivity index (χ0n) is 18.9. The molecule has 4 rings (SSSR count). The van der Waals surface area contributed by atoms with Gasteiger partial charge in [-0.15, -0.1) is 0 Å². The van der Waals surface area contributed by atoms with Crippen molar-refractivity contribution in [3.63, 3.8) is 0 Å². The quantitative estimate of drug-likeness (QED) is 0.260. The number of aromatic amines is 1. The molecule has 3 aromatic carbocycles. The first-order valence-corrected chi connectivity index (χ1v) is 10.8. The topological polar surface area (TPSA) is 75.2 Å². The average Bonchev–Trinajstić information content (AvgIpc) is 3.30. The van der Waals surface area contributed by atoms with Gasteiger partial charge >= 0.3 is 5.97 Å². The highest BCUT2D eigenvalue weighted by atomic mass is 16.5. The number of carboxylic acid groups (broad SMARTS) is 1. The lowest BCUT2D eigenvalue weighted by Gasteiger charge is -2.18. The lowest BCUT2D eigenvalue weighted by Crippen LogP contribution is -1.98. The van der Waals surface area contributed by atoms with Crippen LogP contribution in [-0.4, -0.2) is 28.4 Å². The van der Waals surface area contributed by atoms with Gasteiger partial charge in [-0.1, -0.05) is 43.3 Å². The van der Waals surface area contributed by atoms with Crippen LogP contribution in [0.2, 0.25) is 0 Å². The number of allylic oxidation sites excluding steroid dienone is 1. The van der Waals surface area contributed by atoms with E-state index >= 15 is 0 Å². The van der Waals surface area contributed by atoms with Gasteiger partial charge in [0, 0.05) is 11.5 Å². The number of hydrogen-bond donors (Lipinski definition) is 2. The molecule has 0 aliphatic rings. The molecule has 0 bridgehead atoms. The minimum Gasteiger partial charge on any atom is -0.497 e. The molecule has 1 heterocycles. The average molecular weight is 439 g/mol. The summed E-state index contributed by atoms with van der Waals surface area (Å²) in [7, 11) is 1.68. The van der Waals surface area contributed by atoms with Gasteiger partial charge in [0.2, 0.25) is 0 Å². The van der Waals surface area contributed by atoms with Gasteiger partial charge in [0.25, 0.3) is 0 Å². The predicted octanol–water partition coefficient (Wildman–Crippen LogP) is 6.35. The maximum atomic E-state index is 10.9. The van der Waals surface area contributed by atoms with Crippen LogP contribution in [-0.2, 0) is 4.79 Å². The van der Waals surface area contributed by atoms with Gasteiger partial charge < -0.3 is 9.84 Å². The number of ether oxygens (including phenoxy) is 1. The first kappa shape index (κ1) is 22.1. The molecule has 33 heavy (non-hydrogen) atoms. The van der Waals surface area contributed by atoms with Crippen molar-refractivity contribution < 1.29 is 14.6 Å². The fraction of sp³-hybridized carbons (Fsp3) is 0.143. The fourth-order valence-corrected chi connectivity index (χ4v) is 4.15. The van der Waals surface area contributed by atoms with Crippen molar-refractivity contribution in [2.45, 2.75) is 20.3 Å². The zero-order valence-corrected chi connectivity index (χ0v) is 18.9. The van der Waals surface area contributed by atoms with Crippen LogP contribution in [0.4, 0.5) is 0 Å². The van der Waals surface area contributed by atoms with Crippen molar-refractivity contribution in [2.75, 3.05) is 7.11 Å². The van der Waals surface area contributed by atoms with E-state index in [9.17, 15) is 4.79 Å². The van der Waals surface area contributed by atoms with Crippen molar-refractivity contribution >= 4 is 34.1 Å². The van der Waals surface area contributed by atoms with Crippen LogP contribution in [0.3, 0.4) is 0 Å². The van der Waals surface area contributed by atoms with Gasteiger partial charge in [-0.25, -0.2) is 4.79 Å². The van der Waals surface area contributed by atoms with E-state index in [0.29, 0.717) is 0 Å². The number of aliphatic carboxylic acids is 1. The molecule has 2 N–H and O–H groups in total. The third-order valence-corrected chi connectivity index (χ3v) is 5.76. The molecule has 166 valence electrons. The Morgan fingerprint density at radius 3 is 2.48 bits per heavy atom. The summed E-state index contributed by atoms with van der Waals surface area (Å²) in [4.78, 5) is 10.9. The van der Waals surface area contributed by atoms with Gasteiger partial charge in [0.05, 0.1) is 18.8 Å². The van der Waals surface area contributed by atoms with Gasteiger partial charge in [0.15, 0.2) is 0 Å². The Bertz CT molecular complexity index is 1360. The second-order valence-corrected chi connectivity index (χ2v) is 7.85. The van der Waals surface area contributed by atoms with E-state index in [0.717, 1.165) is 57.0 Å². The number of H-pyrrole nitrogens is 1. The summed E-state index contributed by atoms with van der Waals surface area (Å²) in [5.74, 6) is -0.126. The van der Waals surface area contributed by atoms with E-state index in [-0.39, 0.29) is 0 Å². The van der Waals surface area contributed by atoms with Gasteiger partial charge in [-0.05, 0) is 82.6 Å². The van der Waals surface area contributed by atoms with Crippen LogP contribution in [0.15, 0.2) is 72.9 Å². The monoisotopic (exact) mass is 438 g/mol. The summed E-state index contributed by atoms with van der Waals surface area (Å²) in [6, 6.07) is 20.5. The van der Waals surface area contributed by atoms with E-state index in [2.05, 4.69) is 54.4 Å². The van der Waals surface area contributed by atoms with E-state index in [1.807, 2.05) is 36.5 Å². The van der Waals surface area contributed by atoms with Crippen LogP contribution in [0.25, 0.3) is 28.1 Å². The molecule has 0 saturated carbocycles. The van der Waals surface area contributed by atoms with E-state index in [4.69, 9.17) is 9.84 Å². The van der Waals surface area contributed by atoms with Crippen molar-refractivity contribution in [3.8, 4) is 5.75 Å². The third-order valence-electron chi connectivity index (χ3n) is 5.76.